The van der Waals surface area contributed by atoms with E-state index in [2.05, 4.69) is 0 Å². The molecule has 0 atom stereocenters. The Hall–Kier alpha value is -3.77. The predicted molar refractivity (Wildman–Crippen MR) is 126 cm³/mol. The molecule has 0 fully saturated rings. The molecule has 34 heavy (non-hydrogen) atoms. The van der Waals surface area contributed by atoms with Crippen LogP contribution in [0.4, 0.5) is 13.2 Å². The predicted octanol–water partition coefficient (Wildman–Crippen LogP) is 7.86. The van der Waals surface area contributed by atoms with Crippen molar-refractivity contribution in [1.82, 2.24) is 0 Å². The molecule has 7 heteroatoms. The number of alkyl halides is 3. The number of fused-ring (bicyclic) bond motifs is 2. The van der Waals surface area contributed by atoms with Gasteiger partial charge in [0, 0.05) is 11.1 Å². The van der Waals surface area contributed by atoms with Crippen LogP contribution in [0.5, 0.6) is 5.75 Å². The van der Waals surface area contributed by atoms with E-state index < -0.39 is 22.9 Å². The molecule has 4 aromatic carbocycles. The molecule has 5 rings (SSSR count). The van der Waals surface area contributed by atoms with E-state index in [1.807, 2.05) is 6.07 Å². The van der Waals surface area contributed by atoms with Gasteiger partial charge in [0.15, 0.2) is 0 Å². The normalized spacial score (nSPS) is 11.8. The Morgan fingerprint density at radius 3 is 2.41 bits per heavy atom. The van der Waals surface area contributed by atoms with Crippen molar-refractivity contribution in [2.45, 2.75) is 12.8 Å². The van der Waals surface area contributed by atoms with Crippen molar-refractivity contribution in [2.75, 3.05) is 0 Å². The zero-order chi connectivity index (χ0) is 23.9. The second-order valence-electron chi connectivity index (χ2n) is 7.74. The van der Waals surface area contributed by atoms with E-state index in [4.69, 9.17) is 20.8 Å². The molecule has 0 aliphatic rings. The number of hydrogen-bond donors (Lipinski definition) is 0. The highest BCUT2D eigenvalue weighted by molar-refractivity contribution is 6.30. The van der Waals surface area contributed by atoms with Crippen molar-refractivity contribution >= 4 is 33.3 Å². The van der Waals surface area contributed by atoms with Crippen LogP contribution in [0.25, 0.3) is 32.9 Å². The van der Waals surface area contributed by atoms with E-state index in [1.165, 1.54) is 24.3 Å². The molecule has 0 saturated carbocycles. The van der Waals surface area contributed by atoms with E-state index in [0.717, 1.165) is 10.9 Å². The van der Waals surface area contributed by atoms with Gasteiger partial charge in [0.25, 0.3) is 0 Å². The fourth-order valence-corrected chi connectivity index (χ4v) is 4.16. The summed E-state index contributed by atoms with van der Waals surface area (Å²) in [5, 5.41) is 1.83. The molecule has 0 saturated heterocycles. The molecule has 3 nitrogen and oxygen atoms in total. The standard InChI is InChI=1S/C27H16ClF3O3/c28-18-8-3-5-16(13-18)15-33-19-11-12-22-23(14-19)34-26(27(29,30)31)24(25(22)32)21-10-4-7-17-6-1-2-9-20(17)21/h1-14H,15H2. The number of hydrogen-bond acceptors (Lipinski definition) is 3. The third-order valence-electron chi connectivity index (χ3n) is 5.47. The lowest BCUT2D eigenvalue weighted by Crippen LogP contribution is -2.16. The summed E-state index contributed by atoms with van der Waals surface area (Å²) in [6.45, 7) is 0.149. The molecular formula is C27H16ClF3O3. The zero-order valence-electron chi connectivity index (χ0n) is 17.5. The van der Waals surface area contributed by atoms with Gasteiger partial charge in [0.1, 0.15) is 17.9 Å². The van der Waals surface area contributed by atoms with Gasteiger partial charge in [0.2, 0.25) is 11.2 Å². The minimum absolute atomic E-state index is 0.0334. The molecule has 5 aromatic rings. The van der Waals surface area contributed by atoms with Crippen molar-refractivity contribution in [3.63, 3.8) is 0 Å². The summed E-state index contributed by atoms with van der Waals surface area (Å²) in [4.78, 5) is 13.4. The van der Waals surface area contributed by atoms with Gasteiger partial charge in [-0.3, -0.25) is 4.79 Å². The monoisotopic (exact) mass is 480 g/mol. The summed E-state index contributed by atoms with van der Waals surface area (Å²) in [6, 6.07) is 23.1. The smallest absolute Gasteiger partial charge is 0.450 e. The molecule has 1 aromatic heterocycles. The highest BCUT2D eigenvalue weighted by atomic mass is 35.5. The first-order chi connectivity index (χ1) is 16.3. The van der Waals surface area contributed by atoms with E-state index >= 15 is 0 Å². The first kappa shape index (κ1) is 22.0. The van der Waals surface area contributed by atoms with Crippen LogP contribution in [0, 0.1) is 0 Å². The van der Waals surface area contributed by atoms with Crippen molar-refractivity contribution in [2.24, 2.45) is 0 Å². The van der Waals surface area contributed by atoms with Crippen LogP contribution in [0.3, 0.4) is 0 Å². The van der Waals surface area contributed by atoms with Crippen LogP contribution < -0.4 is 10.2 Å². The summed E-state index contributed by atoms with van der Waals surface area (Å²) in [6.07, 6.45) is -4.88. The summed E-state index contributed by atoms with van der Waals surface area (Å²) < 4.78 is 53.2. The average molecular weight is 481 g/mol. The lowest BCUT2D eigenvalue weighted by atomic mass is 9.96. The molecule has 0 unspecified atom stereocenters. The maximum atomic E-state index is 14.1. The Labute approximate surface area is 197 Å². The number of rotatable bonds is 4. The fraction of sp³-hybridized carbons (Fsp3) is 0.0741. The fourth-order valence-electron chi connectivity index (χ4n) is 3.94. The van der Waals surface area contributed by atoms with Gasteiger partial charge < -0.3 is 9.15 Å². The second-order valence-corrected chi connectivity index (χ2v) is 8.17. The van der Waals surface area contributed by atoms with Crippen molar-refractivity contribution in [3.05, 3.63) is 111 Å². The first-order valence-corrected chi connectivity index (χ1v) is 10.7. The first-order valence-electron chi connectivity index (χ1n) is 10.3. The van der Waals surface area contributed by atoms with Crippen LogP contribution in [-0.2, 0) is 12.8 Å². The van der Waals surface area contributed by atoms with Gasteiger partial charge in [-0.2, -0.15) is 13.2 Å². The third-order valence-corrected chi connectivity index (χ3v) is 5.71. The number of benzene rings is 4. The van der Waals surface area contributed by atoms with Crippen LogP contribution in [0.15, 0.2) is 94.1 Å². The molecule has 0 amide bonds. The van der Waals surface area contributed by atoms with Gasteiger partial charge in [0.05, 0.1) is 10.9 Å². The molecule has 0 aliphatic heterocycles. The second kappa shape index (κ2) is 8.54. The van der Waals surface area contributed by atoms with Gasteiger partial charge in [-0.05, 0) is 46.2 Å². The van der Waals surface area contributed by atoms with Gasteiger partial charge >= 0.3 is 6.18 Å². The summed E-state index contributed by atoms with van der Waals surface area (Å²) in [5.74, 6) is -1.07. The summed E-state index contributed by atoms with van der Waals surface area (Å²) in [7, 11) is 0. The summed E-state index contributed by atoms with van der Waals surface area (Å²) >= 11 is 5.97. The molecule has 1 heterocycles. The van der Waals surface area contributed by atoms with Crippen molar-refractivity contribution < 1.29 is 22.3 Å². The van der Waals surface area contributed by atoms with E-state index in [9.17, 15) is 18.0 Å². The van der Waals surface area contributed by atoms with E-state index in [0.29, 0.717) is 10.4 Å². The third kappa shape index (κ3) is 4.13. The van der Waals surface area contributed by atoms with Crippen LogP contribution in [0.1, 0.15) is 11.3 Å². The van der Waals surface area contributed by atoms with E-state index in [1.54, 1.807) is 54.6 Å². The zero-order valence-corrected chi connectivity index (χ0v) is 18.3. The van der Waals surface area contributed by atoms with Gasteiger partial charge in [-0.25, -0.2) is 0 Å². The molecule has 0 bridgehead atoms. The quantitative estimate of drug-likeness (QED) is 0.263. The molecular weight excluding hydrogens is 465 g/mol. The Morgan fingerprint density at radius 1 is 0.853 bits per heavy atom. The average Bonchev–Trinajstić information content (AvgIpc) is 2.82. The lowest BCUT2D eigenvalue weighted by Gasteiger charge is -2.15. The molecule has 170 valence electrons. The highest BCUT2D eigenvalue weighted by Crippen LogP contribution is 2.39. The number of ether oxygens (including phenoxy) is 1. The van der Waals surface area contributed by atoms with E-state index in [-0.39, 0.29) is 28.9 Å². The maximum absolute atomic E-state index is 14.1. The lowest BCUT2D eigenvalue weighted by molar-refractivity contribution is -0.152. The maximum Gasteiger partial charge on any atom is 0.450 e. The Bertz CT molecular complexity index is 1580. The van der Waals surface area contributed by atoms with Gasteiger partial charge in [-0.15, -0.1) is 0 Å². The minimum Gasteiger partial charge on any atom is -0.489 e. The van der Waals surface area contributed by atoms with Crippen molar-refractivity contribution in [1.29, 1.82) is 0 Å². The number of halogens is 4. The largest absolute Gasteiger partial charge is 0.489 e. The van der Waals surface area contributed by atoms with Gasteiger partial charge in [-0.1, -0.05) is 66.2 Å². The summed E-state index contributed by atoms with van der Waals surface area (Å²) in [5.41, 5.74) is -0.515. The highest BCUT2D eigenvalue weighted by Gasteiger charge is 2.39. The SMILES string of the molecule is O=c1c(-c2cccc3ccccc23)c(C(F)(F)F)oc2cc(OCc3cccc(Cl)c3)ccc12. The Balaban J connectivity index is 1.65. The Kier molecular flexibility index (Phi) is 5.54. The topological polar surface area (TPSA) is 39.4 Å². The molecule has 0 N–H and O–H groups in total. The van der Waals surface area contributed by atoms with Crippen LogP contribution >= 0.6 is 11.6 Å². The molecule has 0 aliphatic carbocycles. The molecule has 0 spiro atoms. The molecule has 0 radical (unpaired) electrons. The minimum atomic E-state index is -4.88. The Morgan fingerprint density at radius 2 is 1.62 bits per heavy atom. The van der Waals surface area contributed by atoms with Crippen LogP contribution in [-0.4, -0.2) is 0 Å². The van der Waals surface area contributed by atoms with Crippen LogP contribution in [0.2, 0.25) is 5.02 Å². The van der Waals surface area contributed by atoms with Crippen molar-refractivity contribution in [3.8, 4) is 16.9 Å².